The number of morpholine rings is 1. The Balaban J connectivity index is 1.59. The van der Waals surface area contributed by atoms with E-state index >= 15 is 0 Å². The molecule has 31 heavy (non-hydrogen) atoms. The molecule has 1 atom stereocenters. The first-order valence-electron chi connectivity index (χ1n) is 9.95. The third-order valence-corrected chi connectivity index (χ3v) is 6.81. The Bertz CT molecular complexity index is 1050. The SMILES string of the molecule is Cc1ccc(C(=O)C(C)OC(=O)/C=C/c2ccc(S(=O)(=O)N3CCOCC3)cc2)cc1. The number of carbonyl (C=O) groups excluding carboxylic acids is 2. The van der Waals surface area contributed by atoms with Crippen molar-refractivity contribution in [1.82, 2.24) is 4.31 Å². The highest BCUT2D eigenvalue weighted by Gasteiger charge is 2.26. The summed E-state index contributed by atoms with van der Waals surface area (Å²) >= 11 is 0. The number of hydrogen-bond donors (Lipinski definition) is 0. The largest absolute Gasteiger partial charge is 0.451 e. The highest BCUT2D eigenvalue weighted by Crippen LogP contribution is 2.18. The lowest BCUT2D eigenvalue weighted by molar-refractivity contribution is -0.140. The van der Waals surface area contributed by atoms with Gasteiger partial charge in [-0.25, -0.2) is 13.2 Å². The first kappa shape index (κ1) is 22.9. The van der Waals surface area contributed by atoms with Crippen LogP contribution in [0.1, 0.15) is 28.4 Å². The summed E-state index contributed by atoms with van der Waals surface area (Å²) in [5, 5.41) is 0. The van der Waals surface area contributed by atoms with E-state index in [1.165, 1.54) is 35.5 Å². The minimum Gasteiger partial charge on any atom is -0.451 e. The molecule has 0 N–H and O–H groups in total. The Morgan fingerprint density at radius 3 is 2.26 bits per heavy atom. The summed E-state index contributed by atoms with van der Waals surface area (Å²) in [7, 11) is -3.56. The van der Waals surface area contributed by atoms with Crippen molar-refractivity contribution in [3.05, 3.63) is 71.3 Å². The zero-order valence-electron chi connectivity index (χ0n) is 17.5. The molecule has 7 nitrogen and oxygen atoms in total. The first-order valence-corrected chi connectivity index (χ1v) is 11.4. The summed E-state index contributed by atoms with van der Waals surface area (Å²) in [4.78, 5) is 24.6. The van der Waals surface area contributed by atoms with E-state index in [0.717, 1.165) is 5.56 Å². The number of hydrogen-bond acceptors (Lipinski definition) is 6. The second kappa shape index (κ2) is 10.00. The maximum absolute atomic E-state index is 12.6. The Morgan fingerprint density at radius 1 is 1.03 bits per heavy atom. The molecule has 1 aliphatic rings. The Hall–Kier alpha value is -2.81. The Labute approximate surface area is 182 Å². The van der Waals surface area contributed by atoms with Gasteiger partial charge in [0.05, 0.1) is 18.1 Å². The fourth-order valence-electron chi connectivity index (χ4n) is 3.07. The zero-order chi connectivity index (χ0) is 22.4. The van der Waals surface area contributed by atoms with Gasteiger partial charge in [0.15, 0.2) is 6.10 Å². The van der Waals surface area contributed by atoms with Gasteiger partial charge >= 0.3 is 5.97 Å². The van der Waals surface area contributed by atoms with E-state index in [2.05, 4.69) is 0 Å². The van der Waals surface area contributed by atoms with E-state index < -0.39 is 22.1 Å². The number of Topliss-reactive ketones (excluding diaryl/α,β-unsaturated/α-hetero) is 1. The van der Waals surface area contributed by atoms with Gasteiger partial charge in [-0.2, -0.15) is 4.31 Å². The molecule has 3 rings (SSSR count). The number of esters is 1. The topological polar surface area (TPSA) is 90.0 Å². The maximum atomic E-state index is 12.6. The van der Waals surface area contributed by atoms with Crippen LogP contribution in [0.15, 0.2) is 59.5 Å². The number of ketones is 1. The summed E-state index contributed by atoms with van der Waals surface area (Å²) in [5.74, 6) is -0.933. The molecule has 1 unspecified atom stereocenters. The fraction of sp³-hybridized carbons (Fsp3) is 0.304. The van der Waals surface area contributed by atoms with Crippen molar-refractivity contribution in [3.63, 3.8) is 0 Å². The quantitative estimate of drug-likeness (QED) is 0.371. The van der Waals surface area contributed by atoms with Gasteiger partial charge in [0, 0.05) is 24.7 Å². The number of carbonyl (C=O) groups is 2. The van der Waals surface area contributed by atoms with E-state index in [1.54, 1.807) is 24.3 Å². The predicted octanol–water partition coefficient (Wildman–Crippen LogP) is 2.84. The van der Waals surface area contributed by atoms with Crippen LogP contribution in [-0.2, 0) is 24.3 Å². The number of aryl methyl sites for hydroxylation is 1. The van der Waals surface area contributed by atoms with Gasteiger partial charge in [-0.15, -0.1) is 0 Å². The zero-order valence-corrected chi connectivity index (χ0v) is 18.3. The average Bonchev–Trinajstić information content (AvgIpc) is 2.78. The molecule has 1 heterocycles. The van der Waals surface area contributed by atoms with Gasteiger partial charge < -0.3 is 9.47 Å². The molecule has 2 aromatic rings. The van der Waals surface area contributed by atoms with Crippen LogP contribution in [0.25, 0.3) is 6.08 Å². The molecule has 0 radical (unpaired) electrons. The van der Waals surface area contributed by atoms with Gasteiger partial charge in [-0.3, -0.25) is 4.79 Å². The summed E-state index contributed by atoms with van der Waals surface area (Å²) in [6.45, 7) is 4.87. The van der Waals surface area contributed by atoms with Crippen LogP contribution in [0.5, 0.6) is 0 Å². The molecule has 1 aliphatic heterocycles. The van der Waals surface area contributed by atoms with Crippen LogP contribution in [-0.4, -0.2) is 56.9 Å². The van der Waals surface area contributed by atoms with Crippen molar-refractivity contribution in [2.24, 2.45) is 0 Å². The van der Waals surface area contributed by atoms with Crippen LogP contribution in [0.2, 0.25) is 0 Å². The van der Waals surface area contributed by atoms with Gasteiger partial charge in [-0.05, 0) is 37.6 Å². The minimum atomic E-state index is -3.56. The fourth-order valence-corrected chi connectivity index (χ4v) is 4.48. The summed E-state index contributed by atoms with van der Waals surface area (Å²) in [5.41, 5.74) is 2.15. The molecule has 0 aliphatic carbocycles. The maximum Gasteiger partial charge on any atom is 0.331 e. The molecule has 0 saturated carbocycles. The molecule has 164 valence electrons. The molecule has 8 heteroatoms. The van der Waals surface area contributed by atoms with Crippen LogP contribution in [0.4, 0.5) is 0 Å². The highest BCUT2D eigenvalue weighted by atomic mass is 32.2. The van der Waals surface area contributed by atoms with E-state index in [4.69, 9.17) is 9.47 Å². The van der Waals surface area contributed by atoms with E-state index in [0.29, 0.717) is 37.4 Å². The highest BCUT2D eigenvalue weighted by molar-refractivity contribution is 7.89. The molecule has 0 spiro atoms. The molecular weight excluding hydrogens is 418 g/mol. The standard InChI is InChI=1S/C23H25NO6S/c1-17-3-8-20(9-4-17)23(26)18(2)30-22(25)12-7-19-5-10-21(11-6-19)31(27,28)24-13-15-29-16-14-24/h3-12,18H,13-16H2,1-2H3/b12-7+. The lowest BCUT2D eigenvalue weighted by Gasteiger charge is -2.26. The molecule has 1 saturated heterocycles. The van der Waals surface area contributed by atoms with E-state index in [1.807, 2.05) is 19.1 Å². The average molecular weight is 444 g/mol. The smallest absolute Gasteiger partial charge is 0.331 e. The monoisotopic (exact) mass is 443 g/mol. The Kier molecular flexibility index (Phi) is 7.37. The van der Waals surface area contributed by atoms with E-state index in [-0.39, 0.29) is 10.7 Å². The number of benzene rings is 2. The van der Waals surface area contributed by atoms with Crippen molar-refractivity contribution < 1.29 is 27.5 Å². The van der Waals surface area contributed by atoms with Crippen LogP contribution >= 0.6 is 0 Å². The summed E-state index contributed by atoms with van der Waals surface area (Å²) in [6.07, 6.45) is 1.81. The van der Waals surface area contributed by atoms with Gasteiger partial charge in [0.25, 0.3) is 0 Å². The number of sulfonamides is 1. The van der Waals surface area contributed by atoms with Gasteiger partial charge in [0.1, 0.15) is 0 Å². The molecule has 0 aromatic heterocycles. The number of ether oxygens (including phenoxy) is 2. The van der Waals surface area contributed by atoms with Gasteiger partial charge in [0.2, 0.25) is 15.8 Å². The second-order valence-corrected chi connectivity index (χ2v) is 9.17. The van der Waals surface area contributed by atoms with Crippen LogP contribution < -0.4 is 0 Å². The van der Waals surface area contributed by atoms with Crippen LogP contribution in [0.3, 0.4) is 0 Å². The number of nitrogens with zero attached hydrogens (tertiary/aromatic N) is 1. The molecular formula is C23H25NO6S. The predicted molar refractivity (Wildman–Crippen MR) is 116 cm³/mol. The molecule has 1 fully saturated rings. The first-order chi connectivity index (χ1) is 14.8. The summed E-state index contributed by atoms with van der Waals surface area (Å²) in [6, 6.07) is 13.3. The number of rotatable bonds is 7. The van der Waals surface area contributed by atoms with Crippen molar-refractivity contribution in [2.75, 3.05) is 26.3 Å². The summed E-state index contributed by atoms with van der Waals surface area (Å²) < 4.78 is 37.0. The Morgan fingerprint density at radius 2 is 1.65 bits per heavy atom. The molecule has 0 bridgehead atoms. The third kappa shape index (κ3) is 5.88. The van der Waals surface area contributed by atoms with Crippen molar-refractivity contribution in [3.8, 4) is 0 Å². The van der Waals surface area contributed by atoms with Crippen molar-refractivity contribution in [1.29, 1.82) is 0 Å². The minimum absolute atomic E-state index is 0.187. The lowest BCUT2D eigenvalue weighted by Crippen LogP contribution is -2.40. The molecule has 0 amide bonds. The van der Waals surface area contributed by atoms with E-state index in [9.17, 15) is 18.0 Å². The lowest BCUT2D eigenvalue weighted by atomic mass is 10.1. The van der Waals surface area contributed by atoms with Crippen molar-refractivity contribution >= 4 is 27.9 Å². The van der Waals surface area contributed by atoms with Crippen LogP contribution in [0, 0.1) is 6.92 Å². The molecule has 2 aromatic carbocycles. The third-order valence-electron chi connectivity index (χ3n) is 4.90. The second-order valence-electron chi connectivity index (χ2n) is 7.23. The van der Waals surface area contributed by atoms with Gasteiger partial charge in [-0.1, -0.05) is 42.0 Å². The van der Waals surface area contributed by atoms with Crippen molar-refractivity contribution in [2.45, 2.75) is 24.8 Å². The normalized spacial score (nSPS) is 16.2.